The number of nitrogens with zero attached hydrogens (tertiary/aromatic N) is 3. The largest absolute Gasteiger partial charge is 0.480 e. The number of amides is 2. The summed E-state index contributed by atoms with van der Waals surface area (Å²) < 4.78 is 0. The maximum Gasteiger partial charge on any atom is 0.330 e. The number of carboxylic acids is 5. The Morgan fingerprint density at radius 3 is 1.06 bits per heavy atom. The third-order valence-corrected chi connectivity index (χ3v) is 6.65. The van der Waals surface area contributed by atoms with Crippen LogP contribution in [-0.2, 0) is 33.6 Å². The molecule has 47 heavy (non-hydrogen) atoms. The summed E-state index contributed by atoms with van der Waals surface area (Å²) >= 11 is 0. The first-order valence-corrected chi connectivity index (χ1v) is 14.2. The van der Waals surface area contributed by atoms with E-state index in [-0.39, 0.29) is 26.2 Å². The summed E-state index contributed by atoms with van der Waals surface area (Å²) in [4.78, 5) is 87.2. The zero-order valence-electron chi connectivity index (χ0n) is 25.2. The van der Waals surface area contributed by atoms with Crippen LogP contribution in [0.2, 0.25) is 0 Å². The Balaban J connectivity index is 2.07. The lowest BCUT2D eigenvalue weighted by Crippen LogP contribution is -2.48. The highest BCUT2D eigenvalue weighted by molar-refractivity contribution is 5.86. The Labute approximate surface area is 269 Å². The van der Waals surface area contributed by atoms with Gasteiger partial charge in [-0.2, -0.15) is 0 Å². The fourth-order valence-electron chi connectivity index (χ4n) is 4.52. The van der Waals surface area contributed by atoms with Crippen molar-refractivity contribution in [2.75, 3.05) is 58.9 Å². The van der Waals surface area contributed by atoms with Gasteiger partial charge in [0.05, 0.1) is 32.7 Å². The van der Waals surface area contributed by atoms with Crippen molar-refractivity contribution in [2.45, 2.75) is 12.1 Å². The normalized spacial score (nSPS) is 12.3. The highest BCUT2D eigenvalue weighted by Gasteiger charge is 2.26. The predicted molar refractivity (Wildman–Crippen MR) is 162 cm³/mol. The number of carboxylic acid groups (broad SMARTS) is 5. The molecule has 0 saturated carbocycles. The van der Waals surface area contributed by atoms with Crippen LogP contribution in [0, 0.1) is 0 Å². The first-order valence-electron chi connectivity index (χ1n) is 14.2. The lowest BCUT2D eigenvalue weighted by molar-refractivity contribution is -0.143. The summed E-state index contributed by atoms with van der Waals surface area (Å²) in [6, 6.07) is 12.9. The van der Waals surface area contributed by atoms with Crippen LogP contribution < -0.4 is 10.6 Å². The molecule has 17 nitrogen and oxygen atoms in total. The van der Waals surface area contributed by atoms with Gasteiger partial charge in [-0.25, -0.2) is 9.59 Å². The van der Waals surface area contributed by atoms with Crippen molar-refractivity contribution in [1.29, 1.82) is 0 Å². The number of carbonyl (C=O) groups excluding carboxylic acids is 2. The quantitative estimate of drug-likeness (QED) is 0.0803. The van der Waals surface area contributed by atoms with Crippen molar-refractivity contribution in [3.05, 3.63) is 71.8 Å². The van der Waals surface area contributed by atoms with Crippen LogP contribution >= 0.6 is 0 Å². The van der Waals surface area contributed by atoms with E-state index in [9.17, 15) is 59.1 Å². The molecule has 0 spiro atoms. The monoisotopic (exact) mass is 659 g/mol. The van der Waals surface area contributed by atoms with Crippen LogP contribution in [0.3, 0.4) is 0 Å². The number of hydrogen-bond acceptors (Lipinski definition) is 10. The third kappa shape index (κ3) is 14.5. The van der Waals surface area contributed by atoms with Gasteiger partial charge in [0.25, 0.3) is 0 Å². The second kappa shape index (κ2) is 19.2. The summed E-state index contributed by atoms with van der Waals surface area (Å²) in [5, 5.41) is 52.0. The van der Waals surface area contributed by atoms with Crippen molar-refractivity contribution in [2.24, 2.45) is 0 Å². The first kappa shape index (κ1) is 37.8. The van der Waals surface area contributed by atoms with E-state index in [4.69, 9.17) is 0 Å². The Morgan fingerprint density at radius 2 is 0.766 bits per heavy atom. The van der Waals surface area contributed by atoms with E-state index in [0.717, 1.165) is 0 Å². The molecule has 2 unspecified atom stereocenters. The summed E-state index contributed by atoms with van der Waals surface area (Å²) in [7, 11) is 0. The summed E-state index contributed by atoms with van der Waals surface area (Å²) in [6.07, 6.45) is 0. The minimum Gasteiger partial charge on any atom is -0.480 e. The van der Waals surface area contributed by atoms with Gasteiger partial charge in [-0.3, -0.25) is 38.7 Å². The molecule has 2 rings (SSSR count). The van der Waals surface area contributed by atoms with Crippen LogP contribution in [0.5, 0.6) is 0 Å². The lowest BCUT2D eigenvalue weighted by Gasteiger charge is -2.28. The molecule has 17 heteroatoms. The number of nitrogens with one attached hydrogen (secondary N) is 2. The van der Waals surface area contributed by atoms with Crippen LogP contribution in [0.1, 0.15) is 23.2 Å². The molecule has 254 valence electrons. The Morgan fingerprint density at radius 1 is 0.468 bits per heavy atom. The minimum absolute atomic E-state index is 0.101. The molecule has 0 fully saturated rings. The molecule has 0 radical (unpaired) electrons. The molecule has 0 bridgehead atoms. The maximum atomic E-state index is 12.7. The molecule has 0 aromatic heterocycles. The maximum absolute atomic E-state index is 12.7. The fraction of sp³-hybridized carbons (Fsp3) is 0.367. The number of carbonyl (C=O) groups is 7. The molecule has 2 atom stereocenters. The van der Waals surface area contributed by atoms with E-state index >= 15 is 0 Å². The van der Waals surface area contributed by atoms with Crippen molar-refractivity contribution in [3.63, 3.8) is 0 Å². The Hall–Kier alpha value is -5.39. The smallest absolute Gasteiger partial charge is 0.330 e. The molecule has 0 aliphatic heterocycles. The molecule has 0 aliphatic carbocycles. The van der Waals surface area contributed by atoms with E-state index in [0.29, 0.717) is 11.1 Å². The SMILES string of the molecule is O=C(O)CN(CCN(CC(=O)O)CC(=O)NC(C(=O)O)c1ccccc1)CCN(CC(=O)O)CC(=O)NC(C(=O)O)c1ccccc1. The van der Waals surface area contributed by atoms with Crippen molar-refractivity contribution < 1.29 is 59.1 Å². The summed E-state index contributed by atoms with van der Waals surface area (Å²) in [5.41, 5.74) is 0.591. The Kier molecular flexibility index (Phi) is 15.4. The predicted octanol–water partition coefficient (Wildman–Crippen LogP) is -0.970. The molecule has 7 N–H and O–H groups in total. The molecule has 0 saturated heterocycles. The van der Waals surface area contributed by atoms with Gasteiger partial charge in [0.1, 0.15) is 0 Å². The molecular weight excluding hydrogens is 622 g/mol. The highest BCUT2D eigenvalue weighted by Crippen LogP contribution is 2.14. The third-order valence-electron chi connectivity index (χ3n) is 6.65. The van der Waals surface area contributed by atoms with Crippen LogP contribution in [0.4, 0.5) is 0 Å². The molecular formula is C30H37N5O12. The molecule has 2 aromatic carbocycles. The van der Waals surface area contributed by atoms with Crippen LogP contribution in [0.15, 0.2) is 60.7 Å². The second-order valence-corrected chi connectivity index (χ2v) is 10.4. The standard InChI is InChI=1S/C30H37N5O12/c36-22(31-27(29(44)45)20-7-3-1-4-8-20)15-34(18-25(40)41)13-11-33(17-24(38)39)12-14-35(19-26(42)43)16-23(37)32-28(30(46)47)21-9-5-2-6-10-21/h1-10,27-28H,11-19H2,(H,31,36)(H,32,37)(H,38,39)(H,40,41)(H,42,43)(H,44,45)(H,46,47). The van der Waals surface area contributed by atoms with Gasteiger partial charge in [0, 0.05) is 26.2 Å². The zero-order chi connectivity index (χ0) is 34.9. The van der Waals surface area contributed by atoms with E-state index < -0.39 is 86.5 Å². The van der Waals surface area contributed by atoms with E-state index in [1.54, 1.807) is 36.4 Å². The van der Waals surface area contributed by atoms with Gasteiger partial charge in [-0.1, -0.05) is 60.7 Å². The zero-order valence-corrected chi connectivity index (χ0v) is 25.2. The number of rotatable bonds is 22. The highest BCUT2D eigenvalue weighted by atomic mass is 16.4. The average Bonchev–Trinajstić information content (AvgIpc) is 2.99. The molecule has 0 aliphatic rings. The molecule has 2 aromatic rings. The molecule has 0 heterocycles. The van der Waals surface area contributed by atoms with E-state index in [2.05, 4.69) is 10.6 Å². The van der Waals surface area contributed by atoms with Gasteiger partial charge in [0.15, 0.2) is 12.1 Å². The minimum atomic E-state index is -1.39. The number of benzene rings is 2. The van der Waals surface area contributed by atoms with Gasteiger partial charge in [-0.05, 0) is 11.1 Å². The van der Waals surface area contributed by atoms with Crippen molar-refractivity contribution in [3.8, 4) is 0 Å². The van der Waals surface area contributed by atoms with Gasteiger partial charge >= 0.3 is 29.8 Å². The van der Waals surface area contributed by atoms with E-state index in [1.165, 1.54) is 39.0 Å². The lowest BCUT2D eigenvalue weighted by atomic mass is 10.1. The average molecular weight is 660 g/mol. The summed E-state index contributed by atoms with van der Waals surface area (Å²) in [6.45, 7) is -3.36. The van der Waals surface area contributed by atoms with Crippen LogP contribution in [-0.4, -0.2) is 141 Å². The topological polar surface area (TPSA) is 254 Å². The Bertz CT molecular complexity index is 1290. The van der Waals surface area contributed by atoms with Gasteiger partial charge < -0.3 is 36.2 Å². The number of aliphatic carboxylic acids is 5. The first-order chi connectivity index (χ1) is 22.2. The van der Waals surface area contributed by atoms with E-state index in [1.807, 2.05) is 0 Å². The van der Waals surface area contributed by atoms with Crippen molar-refractivity contribution >= 4 is 41.7 Å². The fourth-order valence-corrected chi connectivity index (χ4v) is 4.52. The van der Waals surface area contributed by atoms with Crippen molar-refractivity contribution in [1.82, 2.24) is 25.3 Å². The molecule has 2 amide bonds. The second-order valence-electron chi connectivity index (χ2n) is 10.4. The van der Waals surface area contributed by atoms with Gasteiger partial charge in [-0.15, -0.1) is 0 Å². The number of hydrogen-bond donors (Lipinski definition) is 7. The van der Waals surface area contributed by atoms with Gasteiger partial charge in [0.2, 0.25) is 11.8 Å². The van der Waals surface area contributed by atoms with Crippen LogP contribution in [0.25, 0.3) is 0 Å². The summed E-state index contributed by atoms with van der Waals surface area (Å²) in [5.74, 6) is -8.10.